The van der Waals surface area contributed by atoms with Gasteiger partial charge in [0.15, 0.2) is 0 Å². The maximum absolute atomic E-state index is 11.2. The molecule has 2 N–H and O–H groups in total. The minimum atomic E-state index is -4.76. The van der Waals surface area contributed by atoms with Crippen molar-refractivity contribution in [1.82, 2.24) is 4.13 Å². The van der Waals surface area contributed by atoms with Gasteiger partial charge in [0.05, 0.1) is 0 Å². The molecule has 9 heteroatoms. The SMILES string of the molecule is O=S(=O)(F)NSOO.[Rf]. The van der Waals surface area contributed by atoms with Crippen LogP contribution in [0, 0.1) is 0 Å². The van der Waals surface area contributed by atoms with Crippen molar-refractivity contribution < 1.29 is 21.9 Å². The summed E-state index contributed by atoms with van der Waals surface area (Å²) in [4.78, 5) is 0. The normalized spacial score (nSPS) is 10.4. The van der Waals surface area contributed by atoms with Crippen LogP contribution < -0.4 is 4.13 Å². The third-order valence-electron chi connectivity index (χ3n) is 0.171. The molecule has 0 aliphatic rings. The van der Waals surface area contributed by atoms with Crippen LogP contribution in [-0.2, 0) is 14.7 Å². The summed E-state index contributed by atoms with van der Waals surface area (Å²) in [6.07, 6.45) is 0. The Balaban J connectivity index is 0. The molecular weight excluding hydrogens is 428 g/mol. The molecule has 0 amide bonds. The van der Waals surface area contributed by atoms with E-state index in [2.05, 4.69) is 4.33 Å². The van der Waals surface area contributed by atoms with Gasteiger partial charge in [0.2, 0.25) is 0 Å². The van der Waals surface area contributed by atoms with Crippen LogP contribution in [0.1, 0.15) is 0 Å². The molecule has 0 aliphatic carbocycles. The molecule has 0 spiro atoms. The molecule has 0 atom stereocenters. The molecule has 0 saturated heterocycles. The fourth-order valence-electron chi connectivity index (χ4n) is 0.0559. The zero-order valence-electron chi connectivity index (χ0n) is 4.07. The predicted octanol–water partition coefficient (Wildman–Crippen LogP) is -0.157. The van der Waals surface area contributed by atoms with Crippen molar-refractivity contribution in [2.75, 3.05) is 0 Å². The monoisotopic (exact) mass is 430 g/mol. The van der Waals surface area contributed by atoms with Gasteiger partial charge in [-0.2, -0.15) is 8.42 Å². The van der Waals surface area contributed by atoms with Crippen molar-refractivity contribution in [2.24, 2.45) is 0 Å². The van der Waals surface area contributed by atoms with E-state index in [0.29, 0.717) is 0 Å². The second-order valence-corrected chi connectivity index (χ2v) is 2.54. The predicted molar refractivity (Wildman–Crippen MR) is 24.5 cm³/mol. The van der Waals surface area contributed by atoms with E-state index >= 15 is 0 Å². The summed E-state index contributed by atoms with van der Waals surface area (Å²) in [6, 6.07) is 0. The third-order valence-corrected chi connectivity index (χ3v) is 1.31. The van der Waals surface area contributed by atoms with E-state index in [1.807, 2.05) is 0 Å². The van der Waals surface area contributed by atoms with Gasteiger partial charge in [0, 0.05) is 0 Å². The van der Waals surface area contributed by atoms with Crippen LogP contribution in [0.4, 0.5) is 3.89 Å². The van der Waals surface area contributed by atoms with Crippen molar-refractivity contribution in [1.29, 1.82) is 0 Å². The van der Waals surface area contributed by atoms with E-state index in [1.165, 1.54) is 0 Å². The molecule has 0 aromatic carbocycles. The van der Waals surface area contributed by atoms with E-state index in [9.17, 15) is 12.3 Å². The van der Waals surface area contributed by atoms with Crippen LogP contribution in [0.15, 0.2) is 0 Å². The third kappa shape index (κ3) is 11.0. The number of halogens is 1. The molecule has 0 unspecified atom stereocenters. The maximum Gasteiger partial charge on any atom is 0.383 e. The Labute approximate surface area is 49.5 Å². The van der Waals surface area contributed by atoms with Gasteiger partial charge in [0.25, 0.3) is 0 Å². The Morgan fingerprint density at radius 2 is 2.11 bits per heavy atom. The molecule has 0 aromatic heterocycles. The molecule has 5 nitrogen and oxygen atoms in total. The zero-order chi connectivity index (χ0) is 6.62. The van der Waals surface area contributed by atoms with E-state index in [-0.39, 0.29) is 12.2 Å². The Kier molecular flexibility index (Phi) is 4.92. The van der Waals surface area contributed by atoms with Crippen molar-refractivity contribution >= 4 is 22.6 Å². The first-order valence-electron chi connectivity index (χ1n) is 1.25. The van der Waals surface area contributed by atoms with Crippen LogP contribution in [0.25, 0.3) is 0 Å². The Hall–Kier alpha value is -0.890. The Morgan fingerprint density at radius 1 is 1.67 bits per heavy atom. The minimum absolute atomic E-state index is 0. The average Bonchev–Trinajstić information content (AvgIpc) is 1.59. The zero-order valence-corrected chi connectivity index (χ0v) is 12.1. The molecule has 0 radical (unpaired) electrons. The summed E-state index contributed by atoms with van der Waals surface area (Å²) in [6.45, 7) is 0. The van der Waals surface area contributed by atoms with Crippen LogP contribution in [-0.4, -0.2) is 13.7 Å². The molecule has 0 saturated carbocycles. The second-order valence-electron chi connectivity index (χ2n) is 0.679. The van der Waals surface area contributed by atoms with Crippen LogP contribution in [0.3, 0.4) is 0 Å². The quantitative estimate of drug-likeness (QED) is 0.214. The largest absolute Gasteiger partial charge is 0.383 e. The van der Waals surface area contributed by atoms with Gasteiger partial charge in [-0.3, -0.25) is 0 Å². The van der Waals surface area contributed by atoms with Gasteiger partial charge < -0.3 is 0 Å². The van der Waals surface area contributed by atoms with Crippen molar-refractivity contribution in [3.63, 3.8) is 0 Å². The van der Waals surface area contributed by atoms with Gasteiger partial charge in [-0.25, -0.2) is 5.26 Å². The summed E-state index contributed by atoms with van der Waals surface area (Å²) < 4.78 is 34.3. The smallest absolute Gasteiger partial charge is 0.238 e. The van der Waals surface area contributed by atoms with Gasteiger partial charge in [0.1, 0.15) is 12.2 Å². The maximum atomic E-state index is 11.2. The van der Waals surface area contributed by atoms with E-state index in [1.54, 1.807) is 0 Å². The van der Waals surface area contributed by atoms with E-state index in [4.69, 9.17) is 5.26 Å². The van der Waals surface area contributed by atoms with Crippen molar-refractivity contribution in [3.05, 3.63) is 0 Å². The fourth-order valence-corrected chi connectivity index (χ4v) is 0.503. The summed E-state index contributed by atoms with van der Waals surface area (Å²) >= 11 is -0.142. The standard InChI is InChI=1S/FH2NO4S2.Rf/c1-8(4,5)2-7-6-3;/h2-3H;. The van der Waals surface area contributed by atoms with Gasteiger partial charge in [-0.05, 0) is 0 Å². The Morgan fingerprint density at radius 3 is 2.22 bits per heavy atom. The summed E-state index contributed by atoms with van der Waals surface area (Å²) in [5, 5.41) is 7.40. The molecule has 9 heavy (non-hydrogen) atoms. The minimum Gasteiger partial charge on any atom is -0.238 e. The number of rotatable bonds is 3. The average molecular weight is 430 g/mol. The number of hydrogen-bond acceptors (Lipinski definition) is 5. The van der Waals surface area contributed by atoms with Crippen LogP contribution in [0.5, 0.6) is 0 Å². The summed E-state index contributed by atoms with van der Waals surface area (Å²) in [5.74, 6) is 0. The molecule has 0 aliphatic heterocycles. The molecule has 0 fully saturated rings. The molecule has 52 valence electrons. The van der Waals surface area contributed by atoms with Gasteiger partial charge in [-0.1, -0.05) is 3.89 Å². The molecule has 0 bridgehead atoms. The van der Waals surface area contributed by atoms with E-state index < -0.39 is 10.4 Å². The fraction of sp³-hybridized carbons (Fsp3) is 0. The first-order valence-corrected chi connectivity index (χ1v) is 3.37. The van der Waals surface area contributed by atoms with Crippen molar-refractivity contribution in [3.8, 4) is 0 Å². The van der Waals surface area contributed by atoms with Crippen LogP contribution in [0.2, 0.25) is 0 Å². The van der Waals surface area contributed by atoms with E-state index in [0.717, 1.165) is 4.13 Å². The molecule has 0 rings (SSSR count). The number of hydrogen-bond donors (Lipinski definition) is 2. The summed E-state index contributed by atoms with van der Waals surface area (Å²) in [5.41, 5.74) is 0. The molecule has 0 heterocycles. The number of nitrogens with one attached hydrogen (secondary N) is 1. The first-order chi connectivity index (χ1) is 3.56. The summed E-state index contributed by atoms with van der Waals surface area (Å²) in [7, 11) is -4.76. The van der Waals surface area contributed by atoms with Crippen molar-refractivity contribution in [2.45, 2.75) is 0 Å². The van der Waals surface area contributed by atoms with Gasteiger partial charge >= 0.3 is 10.4 Å². The van der Waals surface area contributed by atoms with Gasteiger partial charge in [-0.15, -0.1) is 8.46 Å². The second kappa shape index (κ2) is 4.04. The molecular formula is H2FNO4RfS2. The molecule has 0 aromatic rings. The van der Waals surface area contributed by atoms with Crippen LogP contribution >= 0.6 is 12.2 Å². The topological polar surface area (TPSA) is 75.6 Å². The first kappa shape index (κ1) is 11.0. The Bertz CT molecular complexity index is 143.